The summed E-state index contributed by atoms with van der Waals surface area (Å²) in [4.78, 5) is 29.3. The Bertz CT molecular complexity index is 973. The lowest BCUT2D eigenvalue weighted by molar-refractivity contribution is -0.142. The van der Waals surface area contributed by atoms with Gasteiger partial charge in [-0.1, -0.05) is 48.5 Å². The largest absolute Gasteiger partial charge is 0.479 e. The van der Waals surface area contributed by atoms with Gasteiger partial charge in [0.2, 0.25) is 0 Å². The van der Waals surface area contributed by atoms with Crippen LogP contribution in [0.15, 0.2) is 59.4 Å². The van der Waals surface area contributed by atoms with Gasteiger partial charge in [0.1, 0.15) is 6.61 Å². The minimum Gasteiger partial charge on any atom is -0.479 e. The van der Waals surface area contributed by atoms with Crippen molar-refractivity contribution in [3.05, 3.63) is 76.2 Å². The smallest absolute Gasteiger partial charge is 0.410 e. The molecule has 0 fully saturated rings. The summed E-state index contributed by atoms with van der Waals surface area (Å²) in [5.41, 5.74) is 6.34. The molecule has 1 unspecified atom stereocenters. The van der Waals surface area contributed by atoms with E-state index in [4.69, 9.17) is 4.74 Å². The van der Waals surface area contributed by atoms with E-state index in [0.717, 1.165) is 27.2 Å². The van der Waals surface area contributed by atoms with Crippen LogP contribution in [0.2, 0.25) is 0 Å². The first-order chi connectivity index (χ1) is 13.6. The van der Waals surface area contributed by atoms with Crippen LogP contribution in [0.4, 0.5) is 4.79 Å². The van der Waals surface area contributed by atoms with Crippen LogP contribution in [-0.4, -0.2) is 40.7 Å². The fourth-order valence-corrected chi connectivity index (χ4v) is 4.22. The summed E-state index contributed by atoms with van der Waals surface area (Å²) in [5, 5.41) is 11.1. The van der Waals surface area contributed by atoms with Gasteiger partial charge in [0.05, 0.1) is 11.2 Å². The van der Waals surface area contributed by atoms with Gasteiger partial charge in [-0.2, -0.15) is 0 Å². The number of ether oxygens (including phenoxy) is 1. The predicted molar refractivity (Wildman–Crippen MR) is 105 cm³/mol. The van der Waals surface area contributed by atoms with Gasteiger partial charge in [0.25, 0.3) is 0 Å². The van der Waals surface area contributed by atoms with Gasteiger partial charge < -0.3 is 9.84 Å². The van der Waals surface area contributed by atoms with E-state index >= 15 is 0 Å². The molecule has 1 aliphatic carbocycles. The Labute approximate surface area is 166 Å². The van der Waals surface area contributed by atoms with Gasteiger partial charge in [-0.3, -0.25) is 4.90 Å². The third-order valence-corrected chi connectivity index (χ3v) is 5.58. The molecule has 0 bridgehead atoms. The van der Waals surface area contributed by atoms with Crippen LogP contribution in [0.1, 0.15) is 28.8 Å². The number of amides is 1. The summed E-state index contributed by atoms with van der Waals surface area (Å²) < 4.78 is 5.53. The topological polar surface area (TPSA) is 79.7 Å². The number of carbonyl (C=O) groups is 2. The highest BCUT2D eigenvalue weighted by Crippen LogP contribution is 2.44. The monoisotopic (exact) mass is 394 g/mol. The maximum atomic E-state index is 12.6. The van der Waals surface area contributed by atoms with Crippen molar-refractivity contribution in [3.63, 3.8) is 0 Å². The van der Waals surface area contributed by atoms with E-state index in [1.165, 1.54) is 23.9 Å². The summed E-state index contributed by atoms with van der Waals surface area (Å²) in [6.45, 7) is 0.139. The first-order valence-electron chi connectivity index (χ1n) is 8.76. The molecule has 0 spiro atoms. The van der Waals surface area contributed by atoms with Gasteiger partial charge >= 0.3 is 12.1 Å². The number of nitrogens with zero attached hydrogens (tertiary/aromatic N) is 2. The molecule has 4 rings (SSSR count). The van der Waals surface area contributed by atoms with Crippen LogP contribution in [0.25, 0.3) is 11.1 Å². The molecule has 142 valence electrons. The molecule has 0 aliphatic heterocycles. The number of hydrogen-bond acceptors (Lipinski definition) is 5. The SMILES string of the molecule is CN(C(=O)OCC1c2ccccc2-c2ccccc21)C(C(=O)O)c1cscn1. The zero-order valence-corrected chi connectivity index (χ0v) is 15.9. The Hall–Kier alpha value is -3.19. The summed E-state index contributed by atoms with van der Waals surface area (Å²) in [6.07, 6.45) is -0.692. The lowest BCUT2D eigenvalue weighted by Gasteiger charge is -2.24. The summed E-state index contributed by atoms with van der Waals surface area (Å²) in [7, 11) is 1.41. The second-order valence-electron chi connectivity index (χ2n) is 6.57. The zero-order valence-electron chi connectivity index (χ0n) is 15.1. The Morgan fingerprint density at radius 2 is 1.75 bits per heavy atom. The highest BCUT2D eigenvalue weighted by Gasteiger charge is 2.33. The summed E-state index contributed by atoms with van der Waals surface area (Å²) in [6, 6.07) is 14.9. The van der Waals surface area contributed by atoms with E-state index < -0.39 is 18.1 Å². The van der Waals surface area contributed by atoms with Crippen LogP contribution in [0.3, 0.4) is 0 Å². The van der Waals surface area contributed by atoms with Crippen molar-refractivity contribution in [2.24, 2.45) is 0 Å². The minimum absolute atomic E-state index is 0.0766. The average Bonchev–Trinajstić information content (AvgIpc) is 3.32. The van der Waals surface area contributed by atoms with Crippen LogP contribution in [0, 0.1) is 0 Å². The van der Waals surface area contributed by atoms with Gasteiger partial charge in [0, 0.05) is 18.3 Å². The number of thiazole rings is 1. The number of rotatable bonds is 5. The number of aliphatic carboxylic acids is 1. The van der Waals surface area contributed by atoms with Crippen LogP contribution in [-0.2, 0) is 9.53 Å². The number of carbonyl (C=O) groups excluding carboxylic acids is 1. The molecule has 0 saturated carbocycles. The normalized spacial score (nSPS) is 13.5. The quantitative estimate of drug-likeness (QED) is 0.703. The second kappa shape index (κ2) is 7.44. The molecule has 1 aliphatic rings. The molecule has 0 radical (unpaired) electrons. The van der Waals surface area contributed by atoms with Crippen molar-refractivity contribution in [1.29, 1.82) is 0 Å². The molecular weight excluding hydrogens is 376 g/mol. The highest BCUT2D eigenvalue weighted by molar-refractivity contribution is 7.07. The predicted octanol–water partition coefficient (Wildman–Crippen LogP) is 4.15. The third-order valence-electron chi connectivity index (χ3n) is 4.98. The number of likely N-dealkylation sites (N-methyl/N-ethyl adjacent to an activating group) is 1. The van der Waals surface area contributed by atoms with Crippen molar-refractivity contribution < 1.29 is 19.4 Å². The molecule has 2 aromatic carbocycles. The van der Waals surface area contributed by atoms with E-state index in [0.29, 0.717) is 5.69 Å². The Kier molecular flexibility index (Phi) is 4.83. The number of aromatic nitrogens is 1. The molecule has 6 nitrogen and oxygen atoms in total. The van der Waals surface area contributed by atoms with Crippen LogP contribution in [0.5, 0.6) is 0 Å². The van der Waals surface area contributed by atoms with E-state index in [9.17, 15) is 14.7 Å². The molecule has 1 heterocycles. The van der Waals surface area contributed by atoms with Gasteiger partial charge in [-0.25, -0.2) is 14.6 Å². The van der Waals surface area contributed by atoms with Crippen LogP contribution < -0.4 is 0 Å². The Morgan fingerprint density at radius 1 is 1.14 bits per heavy atom. The zero-order chi connectivity index (χ0) is 19.7. The fraction of sp³-hybridized carbons (Fsp3) is 0.190. The number of hydrogen-bond donors (Lipinski definition) is 1. The maximum Gasteiger partial charge on any atom is 0.410 e. The van der Waals surface area contributed by atoms with E-state index in [1.807, 2.05) is 36.4 Å². The average molecular weight is 394 g/mol. The highest BCUT2D eigenvalue weighted by atomic mass is 32.1. The molecule has 1 atom stereocenters. The molecule has 3 aromatic rings. The molecule has 1 N–H and O–H groups in total. The first kappa shape index (κ1) is 18.2. The molecule has 28 heavy (non-hydrogen) atoms. The second-order valence-corrected chi connectivity index (χ2v) is 7.29. The first-order valence-corrected chi connectivity index (χ1v) is 9.71. The minimum atomic E-state index is -1.18. The van der Waals surface area contributed by atoms with Gasteiger partial charge in [0.15, 0.2) is 6.04 Å². The maximum absolute atomic E-state index is 12.6. The van der Waals surface area contributed by atoms with E-state index in [-0.39, 0.29) is 12.5 Å². The van der Waals surface area contributed by atoms with Crippen molar-refractivity contribution in [2.45, 2.75) is 12.0 Å². The summed E-state index contributed by atoms with van der Waals surface area (Å²) >= 11 is 1.28. The Balaban J connectivity index is 1.53. The van der Waals surface area contributed by atoms with Crippen molar-refractivity contribution in [3.8, 4) is 11.1 Å². The number of carboxylic acids is 1. The van der Waals surface area contributed by atoms with E-state index in [1.54, 1.807) is 5.38 Å². The fourth-order valence-electron chi connectivity index (χ4n) is 3.65. The molecule has 0 saturated heterocycles. The van der Waals surface area contributed by atoms with Crippen molar-refractivity contribution in [2.75, 3.05) is 13.7 Å². The third kappa shape index (κ3) is 3.14. The van der Waals surface area contributed by atoms with Gasteiger partial charge in [-0.15, -0.1) is 11.3 Å². The lowest BCUT2D eigenvalue weighted by Crippen LogP contribution is -2.37. The molecule has 1 aromatic heterocycles. The Morgan fingerprint density at radius 3 is 2.29 bits per heavy atom. The van der Waals surface area contributed by atoms with Crippen LogP contribution >= 0.6 is 11.3 Å². The molecule has 7 heteroatoms. The summed E-state index contributed by atoms with van der Waals surface area (Å²) in [5.74, 6) is -1.23. The lowest BCUT2D eigenvalue weighted by atomic mass is 9.98. The van der Waals surface area contributed by atoms with E-state index in [2.05, 4.69) is 17.1 Å². The number of carboxylic acid groups (broad SMARTS) is 1. The number of fused-ring (bicyclic) bond motifs is 3. The molecule has 1 amide bonds. The van der Waals surface area contributed by atoms with Crippen molar-refractivity contribution in [1.82, 2.24) is 9.88 Å². The standard InChI is InChI=1S/C21H18N2O4S/c1-23(19(20(24)25)18-11-28-12-22-18)21(26)27-10-17-15-8-4-2-6-13(15)14-7-3-5-9-16(14)17/h2-9,11-12,17,19H,10H2,1H3,(H,24,25). The van der Waals surface area contributed by atoms with Gasteiger partial charge in [-0.05, 0) is 22.3 Å². The molecular formula is C21H18N2O4S. The number of benzene rings is 2. The van der Waals surface area contributed by atoms with Crippen molar-refractivity contribution >= 4 is 23.4 Å².